The summed E-state index contributed by atoms with van der Waals surface area (Å²) >= 11 is 6.92. The zero-order valence-corrected chi connectivity index (χ0v) is 8.81. The van der Waals surface area contributed by atoms with E-state index in [0.29, 0.717) is 5.17 Å². The first kappa shape index (κ1) is 13.2. The van der Waals surface area contributed by atoms with Crippen LogP contribution in [-0.2, 0) is 0 Å². The molecule has 0 aliphatic heterocycles. The maximum Gasteiger partial charge on any atom is 0.299 e. The van der Waals surface area contributed by atoms with Crippen LogP contribution in [0.2, 0.25) is 0 Å². The van der Waals surface area contributed by atoms with E-state index in [1.807, 2.05) is 0 Å². The van der Waals surface area contributed by atoms with Crippen molar-refractivity contribution in [3.05, 3.63) is 0 Å². The molecule has 0 rings (SSSR count). The summed E-state index contributed by atoms with van der Waals surface area (Å²) in [6.45, 7) is 0. The number of amidine groups is 1. The molecule has 62 valence electrons. The number of halogens is 2. The summed E-state index contributed by atoms with van der Waals surface area (Å²) in [5.74, 6) is 1.71. The van der Waals surface area contributed by atoms with E-state index in [1.54, 1.807) is 0 Å². The zero-order valence-electron chi connectivity index (χ0n) is 5.65. The highest BCUT2D eigenvalue weighted by atomic mass is 79.9. The first-order valence-electron chi connectivity index (χ1n) is 2.84. The molecule has 4 N–H and O–H groups in total. The summed E-state index contributed by atoms with van der Waals surface area (Å²) in [6, 6.07) is 0. The topological polar surface area (TPSA) is 51.6 Å². The first-order valence-corrected chi connectivity index (χ1v) is 4.36. The van der Waals surface area contributed by atoms with Crippen LogP contribution in [0.1, 0.15) is 12.8 Å². The lowest BCUT2D eigenvalue weighted by atomic mass is 10.4. The number of alkyl halides is 1. The summed E-state index contributed by atoms with van der Waals surface area (Å²) in [4.78, 5) is 0. The van der Waals surface area contributed by atoms with Crippen LogP contribution in [0, 0.1) is 0 Å². The zero-order chi connectivity index (χ0) is 7.11. The van der Waals surface area contributed by atoms with Gasteiger partial charge in [-0.1, -0.05) is 0 Å². The van der Waals surface area contributed by atoms with Gasteiger partial charge in [0, 0.05) is 11.6 Å². The quantitative estimate of drug-likeness (QED) is 0.238. The van der Waals surface area contributed by atoms with Crippen LogP contribution in [0.3, 0.4) is 0 Å². The highest BCUT2D eigenvalue weighted by Gasteiger charge is 1.94. The molecular formula is C5H12BrClN2S. The maximum atomic E-state index is 5.44. The molecule has 0 aromatic heterocycles. The van der Waals surface area contributed by atoms with Crippen molar-refractivity contribution in [1.29, 1.82) is 0 Å². The molecule has 0 radical (unpaired) electrons. The molecule has 0 fully saturated rings. The van der Waals surface area contributed by atoms with E-state index in [9.17, 15) is 0 Å². The van der Waals surface area contributed by atoms with E-state index in [4.69, 9.17) is 22.7 Å². The molecule has 0 saturated carbocycles. The van der Waals surface area contributed by atoms with Gasteiger partial charge in [-0.05, 0) is 24.6 Å². The van der Waals surface area contributed by atoms with Crippen molar-refractivity contribution in [2.75, 3.05) is 11.6 Å². The summed E-state index contributed by atoms with van der Waals surface area (Å²) in [6.07, 6.45) is 2.13. The minimum Gasteiger partial charge on any atom is -1.00 e. The molecule has 0 aliphatic rings. The Morgan fingerprint density at radius 3 is 2.50 bits per heavy atom. The number of unbranched alkanes of at least 4 members (excludes halogenated alkanes) is 1. The molecular weight excluding hydrogens is 235 g/mol. The van der Waals surface area contributed by atoms with Gasteiger partial charge in [-0.15, -0.1) is 11.6 Å². The lowest BCUT2D eigenvalue weighted by Crippen LogP contribution is -3.00. The second kappa shape index (κ2) is 9.59. The van der Waals surface area contributed by atoms with Gasteiger partial charge in [0.05, 0.1) is 0 Å². The smallest absolute Gasteiger partial charge is 0.299 e. The van der Waals surface area contributed by atoms with E-state index in [0.717, 1.165) is 24.5 Å². The molecule has 0 heterocycles. The number of rotatable bonds is 4. The monoisotopic (exact) mass is 246 g/mol. The van der Waals surface area contributed by atoms with Crippen molar-refractivity contribution in [1.82, 2.24) is 0 Å². The highest BCUT2D eigenvalue weighted by Crippen LogP contribution is 2.01. The standard InChI is InChI=1S/C5H11ClN2S.BrH/c6-3-1-2-4-9-5(7)8;/h1-4H2,(H3,7,8);1H. The van der Waals surface area contributed by atoms with E-state index in [-0.39, 0.29) is 17.0 Å². The lowest BCUT2D eigenvalue weighted by molar-refractivity contribution is -0.110. The highest BCUT2D eigenvalue weighted by molar-refractivity contribution is 8.13. The van der Waals surface area contributed by atoms with Gasteiger partial charge < -0.3 is 17.0 Å². The van der Waals surface area contributed by atoms with Crippen molar-refractivity contribution < 1.29 is 22.4 Å². The molecule has 2 nitrogen and oxygen atoms in total. The van der Waals surface area contributed by atoms with E-state index in [2.05, 4.69) is 0 Å². The Bertz CT molecular complexity index is 91.7. The average Bonchev–Trinajstić information content (AvgIpc) is 1.80. The largest absolute Gasteiger partial charge is 1.00 e. The Morgan fingerprint density at radius 1 is 1.50 bits per heavy atom. The van der Waals surface area contributed by atoms with Crippen LogP contribution in [0.5, 0.6) is 0 Å². The molecule has 0 amide bonds. The van der Waals surface area contributed by atoms with E-state index < -0.39 is 0 Å². The second-order valence-corrected chi connectivity index (χ2v) is 3.19. The fraction of sp³-hybridized carbons (Fsp3) is 0.800. The van der Waals surface area contributed by atoms with Gasteiger partial charge in [-0.3, -0.25) is 11.1 Å². The Hall–Kier alpha value is 0.590. The molecule has 0 spiro atoms. The van der Waals surface area contributed by atoms with Gasteiger partial charge in [-0.25, -0.2) is 0 Å². The van der Waals surface area contributed by atoms with E-state index in [1.165, 1.54) is 11.8 Å². The fourth-order valence-electron chi connectivity index (χ4n) is 0.387. The summed E-state index contributed by atoms with van der Waals surface area (Å²) in [5.41, 5.74) is 5.20. The van der Waals surface area contributed by atoms with Gasteiger partial charge in [0.25, 0.3) is 5.17 Å². The van der Waals surface area contributed by atoms with Crippen LogP contribution >= 0.6 is 23.4 Å². The molecule has 0 aromatic rings. The maximum absolute atomic E-state index is 5.44. The number of hydrogen-bond donors (Lipinski definition) is 2. The minimum absolute atomic E-state index is 0. The van der Waals surface area contributed by atoms with Gasteiger partial charge in [-0.2, -0.15) is 0 Å². The number of nitrogens with two attached hydrogens (primary N) is 2. The van der Waals surface area contributed by atoms with Crippen molar-refractivity contribution in [3.63, 3.8) is 0 Å². The van der Waals surface area contributed by atoms with E-state index >= 15 is 0 Å². The van der Waals surface area contributed by atoms with Gasteiger partial charge in [0.1, 0.15) is 0 Å². The molecule has 0 saturated heterocycles. The first-order chi connectivity index (χ1) is 4.27. The third-order valence-electron chi connectivity index (χ3n) is 0.797. The van der Waals surface area contributed by atoms with Crippen LogP contribution in [-0.4, -0.2) is 16.8 Å². The minimum atomic E-state index is 0. The Morgan fingerprint density at radius 2 is 2.10 bits per heavy atom. The molecule has 0 aromatic carbocycles. The van der Waals surface area contributed by atoms with Crippen molar-refractivity contribution in [3.8, 4) is 0 Å². The number of thioether (sulfide) groups is 1. The van der Waals surface area contributed by atoms with Crippen LogP contribution in [0.25, 0.3) is 0 Å². The number of hydrogen-bond acceptors (Lipinski definition) is 1. The van der Waals surface area contributed by atoms with Crippen LogP contribution in [0.15, 0.2) is 0 Å². The fourth-order valence-corrected chi connectivity index (χ4v) is 1.16. The third-order valence-corrected chi connectivity index (χ3v) is 1.89. The molecule has 0 unspecified atom stereocenters. The van der Waals surface area contributed by atoms with Crippen molar-refractivity contribution in [2.45, 2.75) is 12.8 Å². The summed E-state index contributed by atoms with van der Waals surface area (Å²) in [7, 11) is 0. The van der Waals surface area contributed by atoms with Crippen LogP contribution in [0.4, 0.5) is 0 Å². The predicted octanol–water partition coefficient (Wildman–Crippen LogP) is -3.18. The summed E-state index contributed by atoms with van der Waals surface area (Å²) < 4.78 is 0. The average molecular weight is 248 g/mol. The van der Waals surface area contributed by atoms with Crippen LogP contribution < -0.4 is 28.1 Å². The van der Waals surface area contributed by atoms with Gasteiger partial charge >= 0.3 is 0 Å². The Kier molecular flexibility index (Phi) is 12.7. The Labute approximate surface area is 81.2 Å². The third kappa shape index (κ3) is 11.4. The predicted molar refractivity (Wildman–Crippen MR) is 43.5 cm³/mol. The van der Waals surface area contributed by atoms with Gasteiger partial charge in [0.2, 0.25) is 0 Å². The Balaban J connectivity index is 0. The normalized spacial score (nSPS) is 8.50. The molecule has 10 heavy (non-hydrogen) atoms. The molecule has 0 atom stereocenters. The van der Waals surface area contributed by atoms with Crippen molar-refractivity contribution in [2.24, 2.45) is 5.73 Å². The molecule has 0 bridgehead atoms. The van der Waals surface area contributed by atoms with Crippen molar-refractivity contribution >= 4 is 28.5 Å². The molecule has 5 heteroatoms. The van der Waals surface area contributed by atoms with Gasteiger partial charge in [0.15, 0.2) is 0 Å². The molecule has 0 aliphatic carbocycles. The SMILES string of the molecule is NC(=[NH2+])SCCCCCl.[Br-]. The lowest BCUT2D eigenvalue weighted by Gasteiger charge is -1.91. The second-order valence-electron chi connectivity index (χ2n) is 1.65. The summed E-state index contributed by atoms with van der Waals surface area (Å²) in [5, 5.41) is 5.65.